The van der Waals surface area contributed by atoms with Crippen molar-refractivity contribution in [2.75, 3.05) is 17.0 Å². The average Bonchev–Trinajstić information content (AvgIpc) is 2.70. The fourth-order valence-electron chi connectivity index (χ4n) is 1.65. The van der Waals surface area contributed by atoms with Crippen LogP contribution in [0.1, 0.15) is 6.42 Å². The van der Waals surface area contributed by atoms with Crippen molar-refractivity contribution < 1.29 is 14.4 Å². The summed E-state index contributed by atoms with van der Waals surface area (Å²) >= 11 is 1.06. The van der Waals surface area contributed by atoms with Crippen LogP contribution < -0.4 is 21.1 Å². The number of nitrogens with zero attached hydrogens (tertiary/aromatic N) is 3. The molecule has 0 aliphatic rings. The number of fused-ring (bicyclic) bond motifs is 1. The molecule has 0 aromatic carbocycles. The number of hydrogen-bond donors (Lipinski definition) is 2. The standard InChI is InChI=1S/C9H14N5O4PS/c10-9-12-7-6(8(15)13-9)11-4-14(7)2-1-3-20-5-19(16,17)18/h4H,1-3,5H2,(H2,16,17,18)(H3,10,12,13,15)/p-2. The Balaban J connectivity index is 1.97. The first-order valence-electron chi connectivity index (χ1n) is 5.66. The summed E-state index contributed by atoms with van der Waals surface area (Å²) in [6, 6.07) is 0. The third-order valence-electron chi connectivity index (χ3n) is 2.43. The minimum atomic E-state index is -4.45. The van der Waals surface area contributed by atoms with E-state index in [1.165, 1.54) is 6.33 Å². The van der Waals surface area contributed by atoms with Crippen molar-refractivity contribution in [3.8, 4) is 0 Å². The summed E-state index contributed by atoms with van der Waals surface area (Å²) in [5.41, 5.74) is 5.24. The zero-order chi connectivity index (χ0) is 14.8. The van der Waals surface area contributed by atoms with Crippen molar-refractivity contribution in [1.82, 2.24) is 19.5 Å². The monoisotopic (exact) mass is 317 g/mol. The summed E-state index contributed by atoms with van der Waals surface area (Å²) in [5, 5.41) is 0. The van der Waals surface area contributed by atoms with Gasteiger partial charge < -0.3 is 24.7 Å². The first kappa shape index (κ1) is 15.0. The molecule has 2 rings (SSSR count). The van der Waals surface area contributed by atoms with Crippen LogP contribution in [-0.4, -0.2) is 30.8 Å². The maximum absolute atomic E-state index is 11.5. The Bertz CT molecular complexity index is 708. The van der Waals surface area contributed by atoms with Gasteiger partial charge in [0, 0.05) is 12.0 Å². The van der Waals surface area contributed by atoms with Crippen molar-refractivity contribution >= 4 is 36.5 Å². The van der Waals surface area contributed by atoms with Gasteiger partial charge in [-0.3, -0.25) is 9.78 Å². The van der Waals surface area contributed by atoms with Crippen LogP contribution in [0.5, 0.6) is 0 Å². The predicted octanol–water partition coefficient (Wildman–Crippen LogP) is -1.30. The minimum Gasteiger partial charge on any atom is -0.810 e. The number of nitrogens with one attached hydrogen (secondary N) is 1. The number of aromatic amines is 1. The van der Waals surface area contributed by atoms with Crippen molar-refractivity contribution in [3.63, 3.8) is 0 Å². The summed E-state index contributed by atoms with van der Waals surface area (Å²) in [6.45, 7) is 0.501. The average molecular weight is 317 g/mol. The van der Waals surface area contributed by atoms with Gasteiger partial charge in [0.25, 0.3) is 5.56 Å². The first-order chi connectivity index (χ1) is 9.37. The largest absolute Gasteiger partial charge is 0.810 e. The lowest BCUT2D eigenvalue weighted by atomic mass is 10.4. The van der Waals surface area contributed by atoms with Crippen LogP contribution in [0, 0.1) is 0 Å². The molecule has 0 aliphatic carbocycles. The third-order valence-corrected chi connectivity index (χ3v) is 5.00. The molecule has 0 atom stereocenters. The van der Waals surface area contributed by atoms with Gasteiger partial charge in [-0.15, -0.1) is 0 Å². The lowest BCUT2D eigenvalue weighted by Gasteiger charge is -2.28. The number of aryl methyl sites for hydroxylation is 1. The zero-order valence-electron chi connectivity index (χ0n) is 10.3. The Morgan fingerprint density at radius 1 is 1.50 bits per heavy atom. The number of aromatic nitrogens is 4. The van der Waals surface area contributed by atoms with E-state index in [1.54, 1.807) is 4.57 Å². The van der Waals surface area contributed by atoms with Gasteiger partial charge >= 0.3 is 0 Å². The fraction of sp³-hybridized carbons (Fsp3) is 0.444. The SMILES string of the molecule is Nc1nc2c(ncn2CCCSCP(=O)([O-])[O-])c(=O)[nH]1. The quantitative estimate of drug-likeness (QED) is 0.492. The number of anilines is 1. The van der Waals surface area contributed by atoms with E-state index in [1.807, 2.05) is 0 Å². The first-order valence-corrected chi connectivity index (χ1v) is 8.54. The number of imidazole rings is 1. The van der Waals surface area contributed by atoms with Crippen LogP contribution in [0.3, 0.4) is 0 Å². The van der Waals surface area contributed by atoms with Crippen LogP contribution in [0.4, 0.5) is 5.95 Å². The second kappa shape index (κ2) is 5.96. The summed E-state index contributed by atoms with van der Waals surface area (Å²) in [7, 11) is -4.45. The van der Waals surface area contributed by atoms with E-state index >= 15 is 0 Å². The smallest absolute Gasteiger partial charge is 0.280 e. The molecular weight excluding hydrogens is 305 g/mol. The molecule has 0 aliphatic heterocycles. The highest BCUT2D eigenvalue weighted by Gasteiger charge is 2.08. The number of hydrogen-bond acceptors (Lipinski definition) is 8. The number of nitrogens with two attached hydrogens (primary N) is 1. The number of H-pyrrole nitrogens is 1. The molecule has 3 N–H and O–H groups in total. The Morgan fingerprint density at radius 2 is 2.25 bits per heavy atom. The molecule has 0 amide bonds. The predicted molar refractivity (Wildman–Crippen MR) is 72.1 cm³/mol. The van der Waals surface area contributed by atoms with Crippen LogP contribution in [0.2, 0.25) is 0 Å². The normalized spacial score (nSPS) is 12.1. The summed E-state index contributed by atoms with van der Waals surface area (Å²) in [4.78, 5) is 42.7. The maximum atomic E-state index is 11.5. The van der Waals surface area contributed by atoms with Crippen molar-refractivity contribution in [2.24, 2.45) is 0 Å². The van der Waals surface area contributed by atoms with Crippen molar-refractivity contribution in [3.05, 3.63) is 16.7 Å². The second-order valence-corrected chi connectivity index (χ2v) is 7.13. The summed E-state index contributed by atoms with van der Waals surface area (Å²) in [6.07, 6.45) is 2.09. The van der Waals surface area contributed by atoms with E-state index in [0.29, 0.717) is 24.4 Å². The van der Waals surface area contributed by atoms with Crippen LogP contribution in [0.25, 0.3) is 11.2 Å². The van der Waals surface area contributed by atoms with Crippen molar-refractivity contribution in [1.29, 1.82) is 0 Å². The second-order valence-electron chi connectivity index (χ2n) is 4.06. The summed E-state index contributed by atoms with van der Waals surface area (Å²) in [5.74, 6) is 0.518. The molecule has 0 fully saturated rings. The van der Waals surface area contributed by atoms with Crippen LogP contribution in [-0.2, 0) is 11.1 Å². The lowest BCUT2D eigenvalue weighted by Crippen LogP contribution is -2.15. The molecule has 0 saturated carbocycles. The van der Waals surface area contributed by atoms with Crippen LogP contribution >= 0.6 is 19.4 Å². The van der Waals surface area contributed by atoms with E-state index in [2.05, 4.69) is 15.0 Å². The lowest BCUT2D eigenvalue weighted by molar-refractivity contribution is -0.311. The molecule has 0 bridgehead atoms. The number of thioether (sulfide) groups is 1. The zero-order valence-corrected chi connectivity index (χ0v) is 12.0. The molecule has 2 aromatic heterocycles. The van der Waals surface area contributed by atoms with Gasteiger partial charge in [-0.25, -0.2) is 4.98 Å². The molecule has 0 saturated heterocycles. The number of nitrogen functional groups attached to an aromatic ring is 1. The fourth-order valence-corrected chi connectivity index (χ4v) is 3.39. The van der Waals surface area contributed by atoms with Crippen molar-refractivity contribution in [2.45, 2.75) is 13.0 Å². The molecule has 20 heavy (non-hydrogen) atoms. The highest BCUT2D eigenvalue weighted by Crippen LogP contribution is 2.29. The minimum absolute atomic E-state index is 0.0114. The van der Waals surface area contributed by atoms with Gasteiger partial charge in [-0.2, -0.15) is 16.7 Å². The third kappa shape index (κ3) is 3.83. The van der Waals surface area contributed by atoms with E-state index in [4.69, 9.17) is 5.73 Å². The Morgan fingerprint density at radius 3 is 2.95 bits per heavy atom. The van der Waals surface area contributed by atoms with E-state index < -0.39 is 18.6 Å². The van der Waals surface area contributed by atoms with E-state index in [0.717, 1.165) is 11.8 Å². The van der Waals surface area contributed by atoms with Gasteiger partial charge in [-0.1, -0.05) is 7.60 Å². The Kier molecular flexibility index (Phi) is 4.48. The van der Waals surface area contributed by atoms with Gasteiger partial charge in [0.05, 0.1) is 6.33 Å². The molecule has 0 spiro atoms. The molecule has 9 nitrogen and oxygen atoms in total. The Hall–Kier alpha value is -1.35. The molecule has 2 aromatic rings. The van der Waals surface area contributed by atoms with Gasteiger partial charge in [-0.05, 0) is 12.2 Å². The molecule has 2 heterocycles. The van der Waals surface area contributed by atoms with Crippen LogP contribution in [0.15, 0.2) is 11.1 Å². The van der Waals surface area contributed by atoms with Gasteiger partial charge in [0.15, 0.2) is 11.2 Å². The van der Waals surface area contributed by atoms with Gasteiger partial charge in [0.2, 0.25) is 5.95 Å². The van der Waals surface area contributed by atoms with E-state index in [-0.39, 0.29) is 11.5 Å². The highest BCUT2D eigenvalue weighted by atomic mass is 32.2. The van der Waals surface area contributed by atoms with E-state index in [9.17, 15) is 19.1 Å². The molecule has 0 unspecified atom stereocenters. The van der Waals surface area contributed by atoms with Gasteiger partial charge in [0.1, 0.15) is 0 Å². The molecule has 11 heteroatoms. The summed E-state index contributed by atoms with van der Waals surface area (Å²) < 4.78 is 12.1. The Labute approximate surface area is 117 Å². The topological polar surface area (TPSA) is 153 Å². The molecule has 110 valence electrons. The molecular formula is C9H12N5O4PS-2. The maximum Gasteiger partial charge on any atom is 0.280 e. The molecule has 0 radical (unpaired) electrons. The number of rotatable bonds is 6. The highest BCUT2D eigenvalue weighted by molar-refractivity contribution is 8.04.